The summed E-state index contributed by atoms with van der Waals surface area (Å²) in [6.07, 6.45) is 8.63. The average Bonchev–Trinajstić information content (AvgIpc) is 2.99. The van der Waals surface area contributed by atoms with E-state index >= 15 is 0 Å². The third-order valence-electron chi connectivity index (χ3n) is 7.01. The topological polar surface area (TPSA) is 59.7 Å². The lowest BCUT2D eigenvalue weighted by Crippen LogP contribution is -2.33. The largest absolute Gasteiger partial charge is 0.389 e. The molecule has 1 unspecified atom stereocenters. The monoisotopic (exact) mass is 356 g/mol. The fraction of sp³-hybridized carbons (Fsp3) is 0.750. The maximum atomic E-state index is 12.8. The third-order valence-corrected chi connectivity index (χ3v) is 7.01. The Kier molecular flexibility index (Phi) is 3.50. The number of amides is 1. The van der Waals surface area contributed by atoms with Crippen LogP contribution in [-0.4, -0.2) is 44.8 Å². The predicted octanol–water partition coefficient (Wildman–Crippen LogP) is 3.12. The number of aromatic nitrogens is 2. The molecular formula is C20H28N4O2. The van der Waals surface area contributed by atoms with Crippen molar-refractivity contribution in [3.05, 3.63) is 18.2 Å². The minimum atomic E-state index is -0.161. The van der Waals surface area contributed by atoms with Gasteiger partial charge < -0.3 is 14.3 Å². The Balaban J connectivity index is 1.19. The highest BCUT2D eigenvalue weighted by molar-refractivity contribution is 5.94. The summed E-state index contributed by atoms with van der Waals surface area (Å²) in [5.74, 6) is 2.47. The molecule has 26 heavy (non-hydrogen) atoms. The van der Waals surface area contributed by atoms with Gasteiger partial charge in [-0.15, -0.1) is 0 Å². The number of hydrogen-bond acceptors (Lipinski definition) is 4. The van der Waals surface area contributed by atoms with Crippen molar-refractivity contribution in [1.29, 1.82) is 0 Å². The van der Waals surface area contributed by atoms with Gasteiger partial charge in [-0.3, -0.25) is 4.79 Å². The highest BCUT2D eigenvalue weighted by atomic mass is 16.7. The number of rotatable bonds is 4. The molecule has 4 aliphatic rings. The van der Waals surface area contributed by atoms with Crippen LogP contribution < -0.4 is 0 Å². The highest BCUT2D eigenvalue weighted by Crippen LogP contribution is 2.54. The minimum Gasteiger partial charge on any atom is -0.389 e. The van der Waals surface area contributed by atoms with Gasteiger partial charge >= 0.3 is 0 Å². The van der Waals surface area contributed by atoms with Crippen molar-refractivity contribution in [2.24, 2.45) is 28.8 Å². The second-order valence-corrected chi connectivity index (χ2v) is 9.31. The average molecular weight is 356 g/mol. The normalized spacial score (nSPS) is 33.3. The fourth-order valence-electron chi connectivity index (χ4n) is 5.05. The molecule has 5 rings (SSSR count). The quantitative estimate of drug-likeness (QED) is 0.833. The minimum absolute atomic E-state index is 0.0838. The third kappa shape index (κ3) is 2.57. The second kappa shape index (κ2) is 5.57. The van der Waals surface area contributed by atoms with Gasteiger partial charge in [0.25, 0.3) is 5.91 Å². The first-order valence-corrected chi connectivity index (χ1v) is 10.0. The molecule has 2 aliphatic carbocycles. The summed E-state index contributed by atoms with van der Waals surface area (Å²) < 4.78 is 2.13. The van der Waals surface area contributed by atoms with E-state index < -0.39 is 0 Å². The van der Waals surface area contributed by atoms with Gasteiger partial charge in [0.2, 0.25) is 0 Å². The summed E-state index contributed by atoms with van der Waals surface area (Å²) in [5.41, 5.74) is 1.64. The van der Waals surface area contributed by atoms with Crippen LogP contribution in [0.5, 0.6) is 0 Å². The molecule has 3 fully saturated rings. The van der Waals surface area contributed by atoms with Gasteiger partial charge in [-0.1, -0.05) is 11.6 Å². The standard InChI is InChI=1S/C20H28N4O2/c1-12(13-5-4-6-13)24-10-17(21-11-24)19(25)23-8-14-15(9-23)18(14)16-7-20(2,3)26-22-16/h10-15,18H,4-9H2,1-3H3/t12-,14-,15+,18?/m0/s1. The van der Waals surface area contributed by atoms with Crippen molar-refractivity contribution in [3.8, 4) is 0 Å². The smallest absolute Gasteiger partial charge is 0.274 e. The number of fused-ring (bicyclic) bond motifs is 1. The first kappa shape index (κ1) is 16.3. The molecule has 2 saturated carbocycles. The molecule has 1 aromatic heterocycles. The summed E-state index contributed by atoms with van der Waals surface area (Å²) in [6.45, 7) is 8.06. The van der Waals surface area contributed by atoms with Crippen LogP contribution in [0.4, 0.5) is 0 Å². The molecule has 0 bridgehead atoms. The van der Waals surface area contributed by atoms with Crippen molar-refractivity contribution in [3.63, 3.8) is 0 Å². The number of oxime groups is 1. The van der Waals surface area contributed by atoms with E-state index in [1.54, 1.807) is 0 Å². The van der Waals surface area contributed by atoms with Gasteiger partial charge in [-0.05, 0) is 51.4 Å². The number of nitrogens with zero attached hydrogens (tertiary/aromatic N) is 4. The maximum absolute atomic E-state index is 12.8. The highest BCUT2D eigenvalue weighted by Gasteiger charge is 2.60. The number of piperidine rings is 1. The molecule has 2 aliphatic heterocycles. The van der Waals surface area contributed by atoms with Crippen molar-refractivity contribution in [2.45, 2.75) is 58.1 Å². The zero-order chi connectivity index (χ0) is 18.1. The summed E-state index contributed by atoms with van der Waals surface area (Å²) >= 11 is 0. The molecule has 140 valence electrons. The second-order valence-electron chi connectivity index (χ2n) is 9.31. The first-order valence-electron chi connectivity index (χ1n) is 10.0. The van der Waals surface area contributed by atoms with E-state index in [-0.39, 0.29) is 11.5 Å². The molecule has 3 heterocycles. The Morgan fingerprint density at radius 3 is 2.62 bits per heavy atom. The van der Waals surface area contributed by atoms with E-state index in [2.05, 4.69) is 35.5 Å². The lowest BCUT2D eigenvalue weighted by Gasteiger charge is -2.32. The van der Waals surface area contributed by atoms with Crippen molar-refractivity contribution in [1.82, 2.24) is 14.5 Å². The van der Waals surface area contributed by atoms with Crippen molar-refractivity contribution >= 4 is 11.6 Å². The van der Waals surface area contributed by atoms with E-state index in [1.165, 1.54) is 25.0 Å². The van der Waals surface area contributed by atoms with Gasteiger partial charge in [0, 0.05) is 37.7 Å². The fourth-order valence-corrected chi connectivity index (χ4v) is 5.05. The molecule has 4 atom stereocenters. The van der Waals surface area contributed by atoms with E-state index in [9.17, 15) is 4.79 Å². The van der Waals surface area contributed by atoms with Gasteiger partial charge in [0.1, 0.15) is 11.3 Å². The number of imidazole rings is 1. The molecule has 1 aromatic rings. The molecule has 1 amide bonds. The van der Waals surface area contributed by atoms with E-state index in [1.807, 2.05) is 17.4 Å². The molecule has 1 saturated heterocycles. The van der Waals surface area contributed by atoms with Crippen LogP contribution in [0.25, 0.3) is 0 Å². The van der Waals surface area contributed by atoms with Crippen molar-refractivity contribution < 1.29 is 9.63 Å². The zero-order valence-corrected chi connectivity index (χ0v) is 15.9. The molecule has 0 radical (unpaired) electrons. The van der Waals surface area contributed by atoms with Crippen LogP contribution in [-0.2, 0) is 4.84 Å². The summed E-state index contributed by atoms with van der Waals surface area (Å²) in [4.78, 5) is 24.7. The molecule has 0 N–H and O–H groups in total. The number of carbonyl (C=O) groups excluding carboxylic acids is 1. The van der Waals surface area contributed by atoms with Crippen LogP contribution in [0.1, 0.15) is 63.0 Å². The first-order chi connectivity index (χ1) is 12.4. The summed E-state index contributed by atoms with van der Waals surface area (Å²) in [7, 11) is 0. The van der Waals surface area contributed by atoms with Gasteiger partial charge in [0.05, 0.1) is 12.0 Å². The van der Waals surface area contributed by atoms with E-state index in [0.29, 0.717) is 29.5 Å². The molecule has 6 nitrogen and oxygen atoms in total. The van der Waals surface area contributed by atoms with Crippen LogP contribution >= 0.6 is 0 Å². The molecule has 0 spiro atoms. The van der Waals surface area contributed by atoms with Gasteiger partial charge in [0.15, 0.2) is 0 Å². The lowest BCUT2D eigenvalue weighted by atomic mass is 9.80. The van der Waals surface area contributed by atoms with Gasteiger partial charge in [-0.2, -0.15) is 0 Å². The number of hydrogen-bond donors (Lipinski definition) is 0. The maximum Gasteiger partial charge on any atom is 0.274 e. The Morgan fingerprint density at radius 1 is 1.31 bits per heavy atom. The van der Waals surface area contributed by atoms with Crippen molar-refractivity contribution in [2.75, 3.05) is 13.1 Å². The molecule has 0 aromatic carbocycles. The van der Waals surface area contributed by atoms with E-state index in [0.717, 1.165) is 25.4 Å². The Hall–Kier alpha value is -1.85. The SMILES string of the molecule is C[C@@H](C1CCC1)n1cnc(C(=O)N2C[C@@H]3C(C4=NOC(C)(C)C4)[C@@H]3C2)c1. The van der Waals surface area contributed by atoms with Crippen LogP contribution in [0.3, 0.4) is 0 Å². The summed E-state index contributed by atoms with van der Waals surface area (Å²) in [6, 6.07) is 0.442. The Labute approximate surface area is 154 Å². The number of carbonyl (C=O) groups is 1. The Bertz CT molecular complexity index is 752. The molecule has 6 heteroatoms. The predicted molar refractivity (Wildman–Crippen MR) is 97.9 cm³/mol. The van der Waals surface area contributed by atoms with Crippen LogP contribution in [0.2, 0.25) is 0 Å². The summed E-state index contributed by atoms with van der Waals surface area (Å²) in [5, 5.41) is 4.31. The van der Waals surface area contributed by atoms with E-state index in [4.69, 9.17) is 4.84 Å². The Morgan fingerprint density at radius 2 is 2.04 bits per heavy atom. The van der Waals surface area contributed by atoms with Crippen LogP contribution in [0.15, 0.2) is 17.7 Å². The van der Waals surface area contributed by atoms with Crippen LogP contribution in [0, 0.1) is 23.7 Å². The number of likely N-dealkylation sites (tertiary alicyclic amines) is 1. The zero-order valence-electron chi connectivity index (χ0n) is 15.9. The van der Waals surface area contributed by atoms with Gasteiger partial charge in [-0.25, -0.2) is 4.98 Å². The molecular weight excluding hydrogens is 328 g/mol. The lowest BCUT2D eigenvalue weighted by molar-refractivity contribution is 0.0123.